The van der Waals surface area contributed by atoms with Gasteiger partial charge in [0.05, 0.1) is 37.5 Å². The van der Waals surface area contributed by atoms with Gasteiger partial charge < -0.3 is 28.3 Å². The lowest BCUT2D eigenvalue weighted by Crippen LogP contribution is -2.20. The maximum absolute atomic E-state index is 13.1. The van der Waals surface area contributed by atoms with Crippen LogP contribution in [0.1, 0.15) is 23.7 Å². The number of thiazole rings is 1. The molecule has 0 fully saturated rings. The first-order valence-corrected chi connectivity index (χ1v) is 11.2. The molecule has 0 saturated carbocycles. The molecule has 0 saturated heterocycles. The fourth-order valence-corrected chi connectivity index (χ4v) is 4.49. The summed E-state index contributed by atoms with van der Waals surface area (Å²) in [5.74, 6) is 1.45. The van der Waals surface area contributed by atoms with Crippen LogP contribution in [-0.2, 0) is 16.1 Å². The number of carbonyl (C=O) groups is 2. The summed E-state index contributed by atoms with van der Waals surface area (Å²) in [6.45, 7) is 3.29. The van der Waals surface area contributed by atoms with E-state index in [-0.39, 0.29) is 12.4 Å². The van der Waals surface area contributed by atoms with Gasteiger partial charge in [0.25, 0.3) is 5.91 Å². The highest BCUT2D eigenvalue weighted by molar-refractivity contribution is 7.16. The van der Waals surface area contributed by atoms with Crippen LogP contribution in [0.3, 0.4) is 0 Å². The second-order valence-electron chi connectivity index (χ2n) is 7.07. The van der Waals surface area contributed by atoms with Crippen LogP contribution in [0.25, 0.3) is 10.2 Å². The predicted octanol–water partition coefficient (Wildman–Crippen LogP) is 3.19. The number of hydrogen-bond acceptors (Lipinski definition) is 8. The van der Waals surface area contributed by atoms with E-state index >= 15 is 0 Å². The zero-order chi connectivity index (χ0) is 23.4. The summed E-state index contributed by atoms with van der Waals surface area (Å²) in [5.41, 5.74) is 1.12. The number of carbonyl (C=O) groups excluding carboxylic acids is 2. The van der Waals surface area contributed by atoms with E-state index in [0.29, 0.717) is 59.7 Å². The predicted molar refractivity (Wildman–Crippen MR) is 121 cm³/mol. The van der Waals surface area contributed by atoms with Crippen molar-refractivity contribution in [3.63, 3.8) is 0 Å². The number of hydrogen-bond donors (Lipinski definition) is 0. The summed E-state index contributed by atoms with van der Waals surface area (Å²) < 4.78 is 29.7. The Hall–Kier alpha value is -3.53. The van der Waals surface area contributed by atoms with Crippen molar-refractivity contribution in [1.29, 1.82) is 0 Å². The molecule has 1 aliphatic rings. The molecule has 0 aliphatic carbocycles. The second kappa shape index (κ2) is 9.95. The van der Waals surface area contributed by atoms with Crippen molar-refractivity contribution >= 4 is 33.4 Å². The van der Waals surface area contributed by atoms with Crippen LogP contribution in [0, 0.1) is 0 Å². The highest BCUT2D eigenvalue weighted by atomic mass is 32.1. The molecule has 0 atom stereocenters. The monoisotopic (exact) mass is 472 g/mol. The van der Waals surface area contributed by atoms with Gasteiger partial charge in [0.1, 0.15) is 24.7 Å². The Kier molecular flexibility index (Phi) is 6.83. The number of aryl methyl sites for hydroxylation is 1. The van der Waals surface area contributed by atoms with Crippen LogP contribution in [0.15, 0.2) is 35.3 Å². The van der Waals surface area contributed by atoms with E-state index < -0.39 is 5.91 Å². The van der Waals surface area contributed by atoms with E-state index in [0.717, 1.165) is 10.2 Å². The number of rotatable bonds is 7. The molecule has 1 amide bonds. The fourth-order valence-electron chi connectivity index (χ4n) is 3.43. The minimum atomic E-state index is -0.457. The van der Waals surface area contributed by atoms with Gasteiger partial charge in [-0.25, -0.2) is 0 Å². The Labute approximate surface area is 194 Å². The molecule has 3 aromatic rings. The van der Waals surface area contributed by atoms with Crippen LogP contribution >= 0.6 is 11.3 Å². The van der Waals surface area contributed by atoms with Crippen LogP contribution < -0.4 is 23.7 Å². The molecular formula is C23H24N2O7S. The topological polar surface area (TPSA) is 97.6 Å². The molecule has 174 valence electrons. The molecule has 1 aromatic heterocycles. The van der Waals surface area contributed by atoms with E-state index in [1.54, 1.807) is 25.1 Å². The van der Waals surface area contributed by atoms with Crippen molar-refractivity contribution in [2.75, 3.05) is 34.0 Å². The lowest BCUT2D eigenvalue weighted by Gasteiger charge is -2.18. The van der Waals surface area contributed by atoms with Crippen LogP contribution in [0.4, 0.5) is 0 Å². The van der Waals surface area contributed by atoms with E-state index in [1.807, 2.05) is 16.7 Å². The summed E-state index contributed by atoms with van der Waals surface area (Å²) in [6.07, 6.45) is 0.141. The van der Waals surface area contributed by atoms with Gasteiger partial charge in [-0.05, 0) is 19.1 Å². The molecule has 1 aliphatic heterocycles. The quantitative estimate of drug-likeness (QED) is 0.487. The molecule has 4 rings (SSSR count). The Bertz CT molecular complexity index is 1240. The van der Waals surface area contributed by atoms with Gasteiger partial charge in [0.15, 0.2) is 16.3 Å². The van der Waals surface area contributed by atoms with Crippen molar-refractivity contribution in [1.82, 2.24) is 4.57 Å². The smallest absolute Gasteiger partial charge is 0.307 e. The molecular weight excluding hydrogens is 448 g/mol. The van der Waals surface area contributed by atoms with Gasteiger partial charge in [-0.1, -0.05) is 11.3 Å². The third-order valence-corrected chi connectivity index (χ3v) is 6.03. The summed E-state index contributed by atoms with van der Waals surface area (Å²) in [4.78, 5) is 29.9. The number of nitrogens with zero attached hydrogens (tertiary/aromatic N) is 2. The first-order chi connectivity index (χ1) is 16.0. The van der Waals surface area contributed by atoms with Gasteiger partial charge in [0.2, 0.25) is 0 Å². The maximum Gasteiger partial charge on any atom is 0.307 e. The number of aromatic nitrogens is 1. The average molecular weight is 473 g/mol. The minimum absolute atomic E-state index is 0.141. The van der Waals surface area contributed by atoms with E-state index in [2.05, 4.69) is 4.99 Å². The van der Waals surface area contributed by atoms with Crippen LogP contribution in [-0.4, -0.2) is 50.5 Å². The van der Waals surface area contributed by atoms with Crippen molar-refractivity contribution in [3.05, 3.63) is 40.7 Å². The third kappa shape index (κ3) is 4.95. The highest BCUT2D eigenvalue weighted by Gasteiger charge is 2.18. The molecule has 0 radical (unpaired) electrons. The molecule has 0 spiro atoms. The zero-order valence-corrected chi connectivity index (χ0v) is 19.4. The molecule has 2 heterocycles. The number of benzene rings is 2. The van der Waals surface area contributed by atoms with E-state index in [9.17, 15) is 9.59 Å². The summed E-state index contributed by atoms with van der Waals surface area (Å²) in [6, 6.07) is 8.60. The number of esters is 1. The largest absolute Gasteiger partial charge is 0.497 e. The molecule has 33 heavy (non-hydrogen) atoms. The van der Waals surface area contributed by atoms with Crippen molar-refractivity contribution in [2.24, 2.45) is 4.99 Å². The minimum Gasteiger partial charge on any atom is -0.497 e. The molecule has 9 nitrogen and oxygen atoms in total. The number of methoxy groups -OCH3 is 2. The van der Waals surface area contributed by atoms with Gasteiger partial charge in [-0.2, -0.15) is 4.99 Å². The average Bonchev–Trinajstić information content (AvgIpc) is 3.16. The second-order valence-corrected chi connectivity index (χ2v) is 8.08. The van der Waals surface area contributed by atoms with Gasteiger partial charge in [0, 0.05) is 30.3 Å². The van der Waals surface area contributed by atoms with E-state index in [4.69, 9.17) is 23.7 Å². The third-order valence-electron chi connectivity index (χ3n) is 4.99. The zero-order valence-electron chi connectivity index (χ0n) is 18.6. The van der Waals surface area contributed by atoms with Crippen LogP contribution in [0.5, 0.6) is 23.0 Å². The summed E-state index contributed by atoms with van der Waals surface area (Å²) in [5, 5.41) is 0. The van der Waals surface area contributed by atoms with Crippen molar-refractivity contribution in [3.8, 4) is 23.0 Å². The lowest BCUT2D eigenvalue weighted by atomic mass is 10.2. The lowest BCUT2D eigenvalue weighted by molar-refractivity contribution is -0.143. The fraction of sp³-hybridized carbons (Fsp3) is 0.348. The SMILES string of the molecule is CCOC(=O)CCn1c(=NC(=O)c2cc(OC)cc(OC)c2)sc2cc3c(cc21)OCCO3. The van der Waals surface area contributed by atoms with Crippen molar-refractivity contribution in [2.45, 2.75) is 19.9 Å². The van der Waals surface area contributed by atoms with Gasteiger partial charge >= 0.3 is 5.97 Å². The Morgan fingerprint density at radius 1 is 1.03 bits per heavy atom. The Morgan fingerprint density at radius 3 is 2.33 bits per heavy atom. The summed E-state index contributed by atoms with van der Waals surface area (Å²) >= 11 is 1.33. The number of fused-ring (bicyclic) bond motifs is 2. The first kappa shape index (κ1) is 22.7. The van der Waals surface area contributed by atoms with Crippen LogP contribution in [0.2, 0.25) is 0 Å². The summed E-state index contributed by atoms with van der Waals surface area (Å²) in [7, 11) is 3.03. The molecule has 10 heteroatoms. The molecule has 0 bridgehead atoms. The first-order valence-electron chi connectivity index (χ1n) is 10.4. The molecule has 0 unspecified atom stereocenters. The van der Waals surface area contributed by atoms with Gasteiger partial charge in [-0.3, -0.25) is 9.59 Å². The molecule has 2 aromatic carbocycles. The number of amides is 1. The van der Waals surface area contributed by atoms with E-state index in [1.165, 1.54) is 25.6 Å². The normalized spacial score (nSPS) is 13.1. The molecule has 0 N–H and O–H groups in total. The maximum atomic E-state index is 13.1. The Balaban J connectivity index is 1.79. The Morgan fingerprint density at radius 2 is 1.70 bits per heavy atom. The highest BCUT2D eigenvalue weighted by Crippen LogP contribution is 2.35. The van der Waals surface area contributed by atoms with Crippen molar-refractivity contribution < 1.29 is 33.3 Å². The van der Waals surface area contributed by atoms with Gasteiger partial charge in [-0.15, -0.1) is 0 Å². The number of ether oxygens (including phenoxy) is 5. The standard InChI is InChI=1S/C23H24N2O7S/c1-4-30-21(26)5-6-25-17-12-18-19(32-8-7-31-18)13-20(17)33-23(25)24-22(27)14-9-15(28-2)11-16(10-14)29-3/h9-13H,4-8H2,1-3H3.